The van der Waals surface area contributed by atoms with E-state index in [9.17, 15) is 19.8 Å². The molecule has 4 rings (SSSR count). The first kappa shape index (κ1) is 35.3. The van der Waals surface area contributed by atoms with Gasteiger partial charge in [0, 0.05) is 23.6 Å². The Morgan fingerprint density at radius 3 is 1.77 bits per heavy atom. The lowest BCUT2D eigenvalue weighted by molar-refractivity contribution is 0.0660. The molecule has 1 amide bonds. The van der Waals surface area contributed by atoms with Gasteiger partial charge >= 0.3 is 5.97 Å². The van der Waals surface area contributed by atoms with Gasteiger partial charge < -0.3 is 10.2 Å². The number of amides is 1. The number of phenolic OH excluding ortho intramolecular Hbond substituents is 1. The van der Waals surface area contributed by atoms with Crippen molar-refractivity contribution in [3.8, 4) is 5.75 Å². The lowest BCUT2D eigenvalue weighted by Crippen LogP contribution is -2.28. The molecular weight excluding hydrogens is 550 g/mol. The van der Waals surface area contributed by atoms with Crippen LogP contribution in [0.4, 0.5) is 0 Å². The maximum Gasteiger partial charge on any atom is 0.336 e. The maximum absolute atomic E-state index is 13.3. The van der Waals surface area contributed by atoms with Gasteiger partial charge in [0.2, 0.25) is 0 Å². The molecule has 44 heavy (non-hydrogen) atoms. The number of carbonyl (C=O) groups excluding carboxylic acids is 1. The third-order valence-electron chi connectivity index (χ3n) is 5.36. The Bertz CT molecular complexity index is 1750. The van der Waals surface area contributed by atoms with Crippen molar-refractivity contribution in [1.82, 2.24) is 5.01 Å². The second-order valence-corrected chi connectivity index (χ2v) is 8.10. The summed E-state index contributed by atoms with van der Waals surface area (Å²) >= 11 is 0. The van der Waals surface area contributed by atoms with E-state index < -0.39 is 17.9 Å². The van der Waals surface area contributed by atoms with Crippen LogP contribution >= 0.6 is 0 Å². The molecule has 3 aromatic rings. The van der Waals surface area contributed by atoms with Crippen LogP contribution in [0, 0.1) is 5.41 Å². The SMILES string of the molecule is C=C=C.C=C=C=C=C=C.C=C=C=C=C=N.O=C(O)c1ccccc1C(=O)N1N=C(c2ccccc2)CC1c1ccccc1O. The van der Waals surface area contributed by atoms with E-state index in [-0.39, 0.29) is 16.9 Å². The number of benzene rings is 3. The number of hydrogen-bond acceptors (Lipinski definition) is 5. The number of carboxylic acids is 1. The fourth-order valence-corrected chi connectivity index (χ4v) is 3.66. The highest BCUT2D eigenvalue weighted by molar-refractivity contribution is 6.08. The Hall–Kier alpha value is -6.76. The van der Waals surface area contributed by atoms with Crippen LogP contribution in [-0.4, -0.2) is 38.7 Å². The minimum atomic E-state index is -1.18. The first-order chi connectivity index (χ1) is 21.3. The van der Waals surface area contributed by atoms with Gasteiger partial charge in [0.15, 0.2) is 0 Å². The fourth-order valence-electron chi connectivity index (χ4n) is 3.66. The van der Waals surface area contributed by atoms with Crippen LogP contribution in [0.2, 0.25) is 0 Å². The van der Waals surface area contributed by atoms with Gasteiger partial charge in [0.25, 0.3) is 5.91 Å². The van der Waals surface area contributed by atoms with Crippen molar-refractivity contribution in [3.05, 3.63) is 180 Å². The van der Waals surface area contributed by atoms with Crippen molar-refractivity contribution in [2.45, 2.75) is 12.5 Å². The van der Waals surface area contributed by atoms with Crippen molar-refractivity contribution in [2.75, 3.05) is 0 Å². The molecule has 0 bridgehead atoms. The quantitative estimate of drug-likeness (QED) is 0.221. The lowest BCUT2D eigenvalue weighted by Gasteiger charge is -2.23. The van der Waals surface area contributed by atoms with Crippen molar-refractivity contribution in [1.29, 1.82) is 5.41 Å². The standard InChI is InChI=1S/C23H18N2O4.C6H4.C5H3N.C3H4/c26-21-13-7-6-12-18(21)20-14-19(15-8-2-1-3-9-15)24-25(20)22(27)16-10-4-5-11-17(16)23(28)29;1-3-5-6-4-2;1-2-3-4-5-6;1-3-2/h1-13,20,26H,14H2,(H,28,29);1-2H2;6H,1H2;1-2H2. The highest BCUT2D eigenvalue weighted by Gasteiger charge is 2.36. The molecule has 0 aliphatic carbocycles. The normalized spacial score (nSPS) is 11.5. The van der Waals surface area contributed by atoms with Gasteiger partial charge in [-0.3, -0.25) is 10.2 Å². The topological polar surface area (TPSA) is 114 Å². The Morgan fingerprint density at radius 1 is 0.773 bits per heavy atom. The van der Waals surface area contributed by atoms with Gasteiger partial charge in [0.1, 0.15) is 5.75 Å². The van der Waals surface area contributed by atoms with E-state index in [2.05, 4.69) is 83.8 Å². The van der Waals surface area contributed by atoms with Crippen LogP contribution in [0.5, 0.6) is 5.75 Å². The van der Waals surface area contributed by atoms with Gasteiger partial charge in [-0.15, -0.1) is 5.73 Å². The molecule has 0 fully saturated rings. The zero-order valence-electron chi connectivity index (χ0n) is 23.9. The number of aromatic carboxylic acids is 1. The van der Waals surface area contributed by atoms with E-state index in [1.54, 1.807) is 36.4 Å². The Balaban J connectivity index is 0.000000538. The summed E-state index contributed by atoms with van der Waals surface area (Å²) in [7, 11) is 0. The number of hydrogen-bond donors (Lipinski definition) is 3. The highest BCUT2D eigenvalue weighted by atomic mass is 16.4. The average molecular weight is 580 g/mol. The molecule has 7 nitrogen and oxygen atoms in total. The molecular formula is C37H29N3O4. The molecule has 216 valence electrons. The summed E-state index contributed by atoms with van der Waals surface area (Å²) in [5.74, 6) is 0.210. The largest absolute Gasteiger partial charge is 0.508 e. The Labute approximate surface area is 256 Å². The number of carboxylic acid groups (broad SMARTS) is 1. The third kappa shape index (κ3) is 11.0. The number of carbonyl (C=O) groups is 2. The molecule has 1 heterocycles. The maximum atomic E-state index is 13.3. The van der Waals surface area contributed by atoms with Crippen LogP contribution in [0.1, 0.15) is 44.3 Å². The number of phenols is 1. The Morgan fingerprint density at radius 2 is 1.27 bits per heavy atom. The average Bonchev–Trinajstić information content (AvgIpc) is 3.49. The molecule has 7 heteroatoms. The van der Waals surface area contributed by atoms with Crippen molar-refractivity contribution < 1.29 is 19.8 Å². The minimum Gasteiger partial charge on any atom is -0.508 e. The molecule has 3 N–H and O–H groups in total. The molecule has 0 spiro atoms. The fraction of sp³-hybridized carbons (Fsp3) is 0.0541. The van der Waals surface area contributed by atoms with Gasteiger partial charge in [-0.1, -0.05) is 91.0 Å². The molecule has 3 aromatic carbocycles. The monoisotopic (exact) mass is 579 g/mol. The second kappa shape index (κ2) is 20.2. The zero-order chi connectivity index (χ0) is 32.7. The second-order valence-electron chi connectivity index (χ2n) is 8.10. The lowest BCUT2D eigenvalue weighted by atomic mass is 9.97. The summed E-state index contributed by atoms with van der Waals surface area (Å²) in [6.45, 7) is 15.9. The van der Waals surface area contributed by atoms with E-state index in [1.165, 1.54) is 17.1 Å². The molecule has 0 saturated heterocycles. The van der Waals surface area contributed by atoms with Crippen molar-refractivity contribution >= 4 is 23.5 Å². The van der Waals surface area contributed by atoms with Crippen molar-refractivity contribution in [2.24, 2.45) is 5.10 Å². The Kier molecular flexibility index (Phi) is 16.2. The van der Waals surface area contributed by atoms with Gasteiger partial charge in [0.05, 0.1) is 22.9 Å². The zero-order valence-corrected chi connectivity index (χ0v) is 23.9. The van der Waals surface area contributed by atoms with E-state index >= 15 is 0 Å². The number of nitrogens with one attached hydrogen (secondary N) is 1. The number of rotatable bonds is 4. The highest BCUT2D eigenvalue weighted by Crippen LogP contribution is 2.38. The van der Waals surface area contributed by atoms with Gasteiger partial charge in [-0.2, -0.15) is 5.10 Å². The third-order valence-corrected chi connectivity index (χ3v) is 5.36. The van der Waals surface area contributed by atoms with E-state index in [4.69, 9.17) is 5.41 Å². The predicted molar refractivity (Wildman–Crippen MR) is 172 cm³/mol. The van der Waals surface area contributed by atoms with E-state index in [0.717, 1.165) is 5.56 Å². The van der Waals surface area contributed by atoms with Crippen molar-refractivity contribution in [3.63, 3.8) is 0 Å². The number of para-hydroxylation sites is 1. The number of nitrogens with zero attached hydrogens (tertiary/aromatic N) is 2. The van der Waals surface area contributed by atoms with E-state index in [1.807, 2.05) is 36.2 Å². The van der Waals surface area contributed by atoms with Crippen LogP contribution in [0.3, 0.4) is 0 Å². The van der Waals surface area contributed by atoms with Crippen LogP contribution in [0.15, 0.2) is 163 Å². The molecule has 0 aromatic heterocycles. The van der Waals surface area contributed by atoms with Gasteiger partial charge in [-0.05, 0) is 60.7 Å². The molecule has 1 atom stereocenters. The first-order valence-electron chi connectivity index (χ1n) is 12.6. The summed E-state index contributed by atoms with van der Waals surface area (Å²) in [4.78, 5) is 24.9. The first-order valence-corrected chi connectivity index (χ1v) is 12.6. The summed E-state index contributed by atoms with van der Waals surface area (Å²) in [6, 6.07) is 21.8. The molecule has 1 aliphatic rings. The smallest absolute Gasteiger partial charge is 0.336 e. The van der Waals surface area contributed by atoms with Crippen LogP contribution in [0.25, 0.3) is 0 Å². The van der Waals surface area contributed by atoms with E-state index in [0.29, 0.717) is 17.7 Å². The predicted octanol–water partition coefficient (Wildman–Crippen LogP) is 7.35. The summed E-state index contributed by atoms with van der Waals surface area (Å²) in [5.41, 5.74) is 20.6. The number of hydrazone groups is 1. The molecule has 0 saturated carbocycles. The summed E-state index contributed by atoms with van der Waals surface area (Å²) in [5, 5.41) is 31.8. The van der Waals surface area contributed by atoms with Gasteiger partial charge in [-0.25, -0.2) is 9.80 Å². The summed E-state index contributed by atoms with van der Waals surface area (Å²) in [6.07, 6.45) is 0.405. The summed E-state index contributed by atoms with van der Waals surface area (Å²) < 4.78 is 0. The molecule has 0 radical (unpaired) electrons. The molecule has 1 aliphatic heterocycles. The van der Waals surface area contributed by atoms with Crippen LogP contribution in [-0.2, 0) is 0 Å². The molecule has 1 unspecified atom stereocenters. The minimum absolute atomic E-state index is 0.0542. The number of aromatic hydroxyl groups is 1. The van der Waals surface area contributed by atoms with Crippen LogP contribution < -0.4 is 0 Å².